The van der Waals surface area contributed by atoms with Gasteiger partial charge in [-0.2, -0.15) is 5.10 Å². The van der Waals surface area contributed by atoms with Crippen molar-refractivity contribution in [3.8, 4) is 22.6 Å². The monoisotopic (exact) mass is 473 g/mol. The van der Waals surface area contributed by atoms with E-state index >= 15 is 0 Å². The van der Waals surface area contributed by atoms with Crippen LogP contribution in [0.1, 0.15) is 15.9 Å². The Kier molecular flexibility index (Phi) is 5.67. The zero-order chi connectivity index (χ0) is 23.7. The van der Waals surface area contributed by atoms with Crippen LogP contribution >= 0.6 is 0 Å². The molecule has 5 rings (SSSR count). The Bertz CT molecular complexity index is 1450. The molecule has 1 aliphatic heterocycles. The van der Waals surface area contributed by atoms with Gasteiger partial charge >= 0.3 is 0 Å². The second kappa shape index (κ2) is 8.79. The van der Waals surface area contributed by atoms with E-state index in [9.17, 15) is 13.2 Å². The average Bonchev–Trinajstić information content (AvgIpc) is 3.52. The van der Waals surface area contributed by atoms with Gasteiger partial charge in [-0.3, -0.25) is 4.79 Å². The molecule has 0 bridgehead atoms. The van der Waals surface area contributed by atoms with Gasteiger partial charge < -0.3 is 10.1 Å². The molecule has 0 spiro atoms. The van der Waals surface area contributed by atoms with Crippen LogP contribution in [-0.2, 0) is 16.3 Å². The summed E-state index contributed by atoms with van der Waals surface area (Å²) in [5.74, 6) is 0.577. The third-order valence-electron chi connectivity index (χ3n) is 5.81. The predicted octanol–water partition coefficient (Wildman–Crippen LogP) is 3.68. The average molecular weight is 474 g/mol. The van der Waals surface area contributed by atoms with E-state index < -0.39 is 9.84 Å². The number of carbonyl (C=O) groups is 1. The molecule has 0 saturated heterocycles. The zero-order valence-electron chi connectivity index (χ0n) is 18.5. The van der Waals surface area contributed by atoms with E-state index in [4.69, 9.17) is 4.74 Å². The number of amides is 1. The lowest BCUT2D eigenvalue weighted by Gasteiger charge is -2.15. The number of aromatic nitrogens is 2. The topological polar surface area (TPSA) is 90.3 Å². The van der Waals surface area contributed by atoms with Crippen LogP contribution in [0.15, 0.2) is 90.1 Å². The van der Waals surface area contributed by atoms with Crippen molar-refractivity contribution in [2.45, 2.75) is 17.4 Å². The van der Waals surface area contributed by atoms with Crippen LogP contribution in [0.4, 0.5) is 0 Å². The number of fused-ring (bicyclic) bond motifs is 1. The SMILES string of the molecule is CS(=O)(=O)c1ccc(-c2cccc3c2O[C@H](CNC(=O)c2ccccc2-n2cccn2)C3)cc1. The Balaban J connectivity index is 1.30. The van der Waals surface area contributed by atoms with Gasteiger partial charge in [0, 0.05) is 30.6 Å². The summed E-state index contributed by atoms with van der Waals surface area (Å²) in [7, 11) is -3.25. The van der Waals surface area contributed by atoms with Crippen molar-refractivity contribution >= 4 is 15.7 Å². The Hall–Kier alpha value is -3.91. The molecule has 34 heavy (non-hydrogen) atoms. The standard InChI is InChI=1S/C26H23N3O4S/c1-34(31,32)21-12-10-18(11-13-21)22-8-4-6-19-16-20(33-25(19)22)17-27-26(30)23-7-2-3-9-24(23)29-15-5-14-28-29/h2-15,20H,16-17H2,1H3,(H,27,30)/t20-/m0/s1. The van der Waals surface area contributed by atoms with Gasteiger partial charge in [0.2, 0.25) is 0 Å². The lowest BCUT2D eigenvalue weighted by molar-refractivity contribution is 0.0933. The van der Waals surface area contributed by atoms with E-state index in [0.717, 1.165) is 22.4 Å². The van der Waals surface area contributed by atoms with Crippen LogP contribution in [0.5, 0.6) is 5.75 Å². The number of rotatable bonds is 6. The van der Waals surface area contributed by atoms with E-state index in [2.05, 4.69) is 10.4 Å². The van der Waals surface area contributed by atoms with Gasteiger partial charge in [0.05, 0.1) is 22.7 Å². The highest BCUT2D eigenvalue weighted by Crippen LogP contribution is 2.39. The van der Waals surface area contributed by atoms with E-state index in [1.807, 2.05) is 42.5 Å². The lowest BCUT2D eigenvalue weighted by atomic mass is 10.0. The Labute approximate surface area is 197 Å². The molecule has 172 valence electrons. The number of benzene rings is 3. The van der Waals surface area contributed by atoms with E-state index in [1.54, 1.807) is 47.4 Å². The molecule has 1 atom stereocenters. The van der Waals surface area contributed by atoms with E-state index in [0.29, 0.717) is 24.2 Å². The quantitative estimate of drug-likeness (QED) is 0.461. The van der Waals surface area contributed by atoms with Crippen molar-refractivity contribution in [1.82, 2.24) is 15.1 Å². The fraction of sp³-hybridized carbons (Fsp3) is 0.154. The molecule has 0 saturated carbocycles. The number of hydrogen-bond acceptors (Lipinski definition) is 5. The number of para-hydroxylation sites is 2. The Morgan fingerprint density at radius 1 is 1.06 bits per heavy atom. The summed E-state index contributed by atoms with van der Waals surface area (Å²) in [5, 5.41) is 7.22. The Morgan fingerprint density at radius 2 is 1.85 bits per heavy atom. The molecule has 1 aromatic heterocycles. The summed E-state index contributed by atoms with van der Waals surface area (Å²) in [6.07, 6.45) is 5.13. The van der Waals surface area contributed by atoms with Crippen LogP contribution in [0.2, 0.25) is 0 Å². The second-order valence-corrected chi connectivity index (χ2v) is 10.2. The predicted molar refractivity (Wildman–Crippen MR) is 129 cm³/mol. The summed E-state index contributed by atoms with van der Waals surface area (Å²) in [4.78, 5) is 13.2. The van der Waals surface area contributed by atoms with Crippen LogP contribution in [-0.4, -0.2) is 43.0 Å². The maximum Gasteiger partial charge on any atom is 0.253 e. The highest BCUT2D eigenvalue weighted by Gasteiger charge is 2.26. The maximum atomic E-state index is 12.9. The lowest BCUT2D eigenvalue weighted by Crippen LogP contribution is -2.35. The number of nitrogens with zero attached hydrogens (tertiary/aromatic N) is 2. The first-order chi connectivity index (χ1) is 16.4. The third-order valence-corrected chi connectivity index (χ3v) is 6.94. The molecule has 1 N–H and O–H groups in total. The molecule has 1 aliphatic rings. The molecule has 3 aromatic carbocycles. The van der Waals surface area contributed by atoms with Crippen molar-refractivity contribution in [3.05, 3.63) is 96.3 Å². The maximum absolute atomic E-state index is 12.9. The minimum atomic E-state index is -3.25. The molecule has 1 amide bonds. The van der Waals surface area contributed by atoms with Crippen LogP contribution in [0.3, 0.4) is 0 Å². The summed E-state index contributed by atoms with van der Waals surface area (Å²) >= 11 is 0. The fourth-order valence-electron chi connectivity index (χ4n) is 4.14. The van der Waals surface area contributed by atoms with Crippen molar-refractivity contribution < 1.29 is 17.9 Å². The molecule has 0 radical (unpaired) electrons. The van der Waals surface area contributed by atoms with Crippen molar-refractivity contribution in [3.63, 3.8) is 0 Å². The number of sulfone groups is 1. The van der Waals surface area contributed by atoms with Crippen LogP contribution in [0, 0.1) is 0 Å². The van der Waals surface area contributed by atoms with Gasteiger partial charge in [-0.05, 0) is 41.5 Å². The Morgan fingerprint density at radius 3 is 2.59 bits per heavy atom. The van der Waals surface area contributed by atoms with Gasteiger partial charge in [0.25, 0.3) is 5.91 Å². The van der Waals surface area contributed by atoms with Crippen molar-refractivity contribution in [2.24, 2.45) is 0 Å². The molecule has 8 heteroatoms. The van der Waals surface area contributed by atoms with Gasteiger partial charge in [-0.1, -0.05) is 42.5 Å². The molecule has 0 unspecified atom stereocenters. The molecular formula is C26H23N3O4S. The van der Waals surface area contributed by atoms with Crippen LogP contribution < -0.4 is 10.1 Å². The first-order valence-electron chi connectivity index (χ1n) is 10.9. The zero-order valence-corrected chi connectivity index (χ0v) is 19.3. The van der Waals surface area contributed by atoms with Gasteiger partial charge in [-0.25, -0.2) is 13.1 Å². The second-order valence-electron chi connectivity index (χ2n) is 8.21. The smallest absolute Gasteiger partial charge is 0.253 e. The largest absolute Gasteiger partial charge is 0.487 e. The highest BCUT2D eigenvalue weighted by atomic mass is 32.2. The summed E-state index contributed by atoms with van der Waals surface area (Å²) in [6.45, 7) is 0.355. The number of ether oxygens (including phenoxy) is 1. The third kappa shape index (κ3) is 4.32. The molecular weight excluding hydrogens is 450 g/mol. The van der Waals surface area contributed by atoms with Gasteiger partial charge in [0.15, 0.2) is 9.84 Å². The molecule has 7 nitrogen and oxygen atoms in total. The van der Waals surface area contributed by atoms with Crippen LogP contribution in [0.25, 0.3) is 16.8 Å². The highest BCUT2D eigenvalue weighted by molar-refractivity contribution is 7.90. The molecule has 2 heterocycles. The number of hydrogen-bond donors (Lipinski definition) is 1. The number of nitrogens with one attached hydrogen (secondary N) is 1. The molecule has 4 aromatic rings. The summed E-state index contributed by atoms with van der Waals surface area (Å²) in [6, 6.07) is 21.8. The van der Waals surface area contributed by atoms with Crippen molar-refractivity contribution in [2.75, 3.05) is 12.8 Å². The first-order valence-corrected chi connectivity index (χ1v) is 12.8. The summed E-state index contributed by atoms with van der Waals surface area (Å²) < 4.78 is 31.4. The van der Waals surface area contributed by atoms with E-state index in [1.165, 1.54) is 6.26 Å². The van der Waals surface area contributed by atoms with Gasteiger partial charge in [-0.15, -0.1) is 0 Å². The summed E-state index contributed by atoms with van der Waals surface area (Å²) in [5.41, 5.74) is 4.08. The van der Waals surface area contributed by atoms with Crippen molar-refractivity contribution in [1.29, 1.82) is 0 Å². The van der Waals surface area contributed by atoms with Gasteiger partial charge in [0.1, 0.15) is 11.9 Å². The van der Waals surface area contributed by atoms with E-state index in [-0.39, 0.29) is 16.9 Å². The number of carbonyl (C=O) groups excluding carboxylic acids is 1. The first kappa shape index (κ1) is 21.9. The minimum absolute atomic E-state index is 0.192. The normalized spacial score (nSPS) is 14.9. The molecule has 0 fully saturated rings. The fourth-order valence-corrected chi connectivity index (χ4v) is 4.77. The minimum Gasteiger partial charge on any atom is -0.487 e. The molecule has 0 aliphatic carbocycles.